The van der Waals surface area contributed by atoms with Crippen molar-refractivity contribution in [2.45, 2.75) is 38.6 Å². The average Bonchev–Trinajstić information content (AvgIpc) is 2.33. The van der Waals surface area contributed by atoms with Gasteiger partial charge in [-0.1, -0.05) is 0 Å². The summed E-state index contributed by atoms with van der Waals surface area (Å²) in [5, 5.41) is 6.55. The smallest absolute Gasteiger partial charge is 0.287 e. The molecule has 1 aromatic rings. The van der Waals surface area contributed by atoms with Crippen LogP contribution in [0.2, 0.25) is 0 Å². The van der Waals surface area contributed by atoms with E-state index in [1.807, 2.05) is 0 Å². The summed E-state index contributed by atoms with van der Waals surface area (Å²) >= 11 is 0. The van der Waals surface area contributed by atoms with E-state index in [-0.39, 0.29) is 11.2 Å². The lowest BCUT2D eigenvalue weighted by atomic mass is 9.92. The topological polar surface area (TPSA) is 75.0 Å². The maximum Gasteiger partial charge on any atom is 0.287 e. The van der Waals surface area contributed by atoms with Crippen molar-refractivity contribution in [3.8, 4) is 0 Å². The van der Waals surface area contributed by atoms with Crippen molar-refractivity contribution in [2.75, 3.05) is 18.8 Å². The number of nitrogens with one attached hydrogen (secondary N) is 1. The Kier molecular flexibility index (Phi) is 3.47. The van der Waals surface area contributed by atoms with Crippen LogP contribution in [-0.4, -0.2) is 34.2 Å². The van der Waals surface area contributed by atoms with Gasteiger partial charge in [-0.05, 0) is 45.8 Å². The van der Waals surface area contributed by atoms with E-state index in [0.717, 1.165) is 31.6 Å². The predicted molar refractivity (Wildman–Crippen MR) is 68.0 cm³/mol. The first-order valence-corrected chi connectivity index (χ1v) is 6.17. The summed E-state index contributed by atoms with van der Waals surface area (Å²) in [6.07, 6.45) is 2.16. The van der Waals surface area contributed by atoms with Gasteiger partial charge in [0, 0.05) is 12.0 Å². The Morgan fingerprint density at radius 1 is 1.47 bits per heavy atom. The zero-order chi connectivity index (χ0) is 12.4. The van der Waals surface area contributed by atoms with Crippen LogP contribution < -0.4 is 11.3 Å². The summed E-state index contributed by atoms with van der Waals surface area (Å²) in [6.45, 7) is 6.61. The van der Waals surface area contributed by atoms with Crippen LogP contribution in [-0.2, 0) is 0 Å². The van der Waals surface area contributed by atoms with Gasteiger partial charge in [0.1, 0.15) is 5.69 Å². The van der Waals surface area contributed by atoms with E-state index in [4.69, 9.17) is 5.73 Å². The second-order valence-corrected chi connectivity index (χ2v) is 4.98. The molecule has 94 valence electrons. The number of aromatic amines is 1. The zero-order valence-corrected chi connectivity index (χ0v) is 10.4. The number of rotatable bonds is 2. The first-order valence-electron chi connectivity index (χ1n) is 6.17. The normalized spacial score (nSPS) is 18.8. The average molecular weight is 236 g/mol. The Bertz CT molecular complexity index is 432. The largest absolute Gasteiger partial charge is 0.394 e. The highest BCUT2D eigenvalue weighted by Crippen LogP contribution is 2.27. The highest BCUT2D eigenvalue weighted by molar-refractivity contribution is 5.35. The molecule has 0 amide bonds. The lowest BCUT2D eigenvalue weighted by molar-refractivity contribution is 0.170. The third-order valence-electron chi connectivity index (χ3n) is 3.53. The fraction of sp³-hybridized carbons (Fsp3) is 0.667. The van der Waals surface area contributed by atoms with Gasteiger partial charge in [0.15, 0.2) is 0 Å². The SMILES string of the molecule is CC(C)N1CCC(c2cc(N)c(=O)[nH]n2)CC1. The standard InChI is InChI=1S/C12H20N4O/c1-8(2)16-5-3-9(4-6-16)11-7-10(13)12(17)15-14-11/h7-9H,3-6H2,1-2H3,(H2,13,14)(H,15,17). The number of hydrogen-bond acceptors (Lipinski definition) is 4. The Morgan fingerprint density at radius 2 is 2.12 bits per heavy atom. The second kappa shape index (κ2) is 4.87. The molecule has 0 spiro atoms. The van der Waals surface area contributed by atoms with E-state index in [9.17, 15) is 4.79 Å². The summed E-state index contributed by atoms with van der Waals surface area (Å²) < 4.78 is 0. The van der Waals surface area contributed by atoms with E-state index in [1.165, 1.54) is 0 Å². The molecule has 0 atom stereocenters. The van der Waals surface area contributed by atoms with Crippen LogP contribution in [0.1, 0.15) is 38.3 Å². The van der Waals surface area contributed by atoms with Crippen molar-refractivity contribution in [3.63, 3.8) is 0 Å². The van der Waals surface area contributed by atoms with Crippen LogP contribution in [0.25, 0.3) is 0 Å². The molecular formula is C12H20N4O. The molecule has 0 unspecified atom stereocenters. The molecule has 0 aliphatic carbocycles. The number of nitrogens with two attached hydrogens (primary N) is 1. The number of H-pyrrole nitrogens is 1. The number of nitrogens with zero attached hydrogens (tertiary/aromatic N) is 2. The van der Waals surface area contributed by atoms with Gasteiger partial charge in [0.2, 0.25) is 0 Å². The Morgan fingerprint density at radius 3 is 2.65 bits per heavy atom. The van der Waals surface area contributed by atoms with Crippen LogP contribution >= 0.6 is 0 Å². The van der Waals surface area contributed by atoms with Crippen molar-refractivity contribution in [1.29, 1.82) is 0 Å². The van der Waals surface area contributed by atoms with Gasteiger partial charge < -0.3 is 10.6 Å². The lowest BCUT2D eigenvalue weighted by Gasteiger charge is -2.34. The fourth-order valence-corrected chi connectivity index (χ4v) is 2.36. The molecule has 3 N–H and O–H groups in total. The molecule has 1 aliphatic rings. The number of piperidine rings is 1. The van der Waals surface area contributed by atoms with Gasteiger partial charge in [0.25, 0.3) is 5.56 Å². The first-order chi connectivity index (χ1) is 8.08. The molecule has 0 aromatic carbocycles. The Hall–Kier alpha value is -1.36. The predicted octanol–water partition coefficient (Wildman–Crippen LogP) is 0.940. The molecule has 1 aromatic heterocycles. The van der Waals surface area contributed by atoms with Gasteiger partial charge in [-0.2, -0.15) is 5.10 Å². The van der Waals surface area contributed by atoms with Crippen molar-refractivity contribution in [2.24, 2.45) is 0 Å². The number of aromatic nitrogens is 2. The maximum atomic E-state index is 11.1. The molecule has 1 saturated heterocycles. The summed E-state index contributed by atoms with van der Waals surface area (Å²) in [4.78, 5) is 13.6. The molecule has 5 nitrogen and oxygen atoms in total. The quantitative estimate of drug-likeness (QED) is 0.801. The molecule has 1 aliphatic heterocycles. The van der Waals surface area contributed by atoms with Crippen LogP contribution in [0.4, 0.5) is 5.69 Å². The minimum absolute atomic E-state index is 0.265. The summed E-state index contributed by atoms with van der Waals surface area (Å²) in [7, 11) is 0. The van der Waals surface area contributed by atoms with Gasteiger partial charge in [-0.25, -0.2) is 5.10 Å². The molecular weight excluding hydrogens is 216 g/mol. The zero-order valence-electron chi connectivity index (χ0n) is 10.4. The Balaban J connectivity index is 2.05. The number of hydrogen-bond donors (Lipinski definition) is 2. The van der Waals surface area contributed by atoms with Crippen molar-refractivity contribution in [3.05, 3.63) is 22.1 Å². The summed E-state index contributed by atoms with van der Waals surface area (Å²) in [5.41, 5.74) is 6.50. The summed E-state index contributed by atoms with van der Waals surface area (Å²) in [5.74, 6) is 0.421. The molecule has 1 fully saturated rings. The number of anilines is 1. The van der Waals surface area contributed by atoms with Crippen molar-refractivity contribution >= 4 is 5.69 Å². The van der Waals surface area contributed by atoms with E-state index in [0.29, 0.717) is 12.0 Å². The molecule has 5 heteroatoms. The number of nitrogen functional groups attached to an aromatic ring is 1. The number of likely N-dealkylation sites (tertiary alicyclic amines) is 1. The minimum atomic E-state index is -0.298. The van der Waals surface area contributed by atoms with E-state index in [2.05, 4.69) is 28.9 Å². The molecule has 2 heterocycles. The minimum Gasteiger partial charge on any atom is -0.394 e. The van der Waals surface area contributed by atoms with E-state index >= 15 is 0 Å². The van der Waals surface area contributed by atoms with Crippen molar-refractivity contribution < 1.29 is 0 Å². The molecule has 0 radical (unpaired) electrons. The van der Waals surface area contributed by atoms with Gasteiger partial charge >= 0.3 is 0 Å². The van der Waals surface area contributed by atoms with Crippen molar-refractivity contribution in [1.82, 2.24) is 15.1 Å². The van der Waals surface area contributed by atoms with E-state index in [1.54, 1.807) is 6.07 Å². The lowest BCUT2D eigenvalue weighted by Crippen LogP contribution is -2.38. The second-order valence-electron chi connectivity index (χ2n) is 4.98. The summed E-state index contributed by atoms with van der Waals surface area (Å²) in [6, 6.07) is 2.32. The molecule has 2 rings (SSSR count). The highest BCUT2D eigenvalue weighted by Gasteiger charge is 2.23. The van der Waals surface area contributed by atoms with Crippen LogP contribution in [0, 0.1) is 0 Å². The first kappa shape index (κ1) is 12.1. The maximum absolute atomic E-state index is 11.1. The van der Waals surface area contributed by atoms with Crippen LogP contribution in [0.5, 0.6) is 0 Å². The van der Waals surface area contributed by atoms with Crippen LogP contribution in [0.15, 0.2) is 10.9 Å². The monoisotopic (exact) mass is 236 g/mol. The molecule has 0 saturated carbocycles. The highest BCUT2D eigenvalue weighted by atomic mass is 16.1. The third-order valence-corrected chi connectivity index (χ3v) is 3.53. The third kappa shape index (κ3) is 2.66. The molecule has 17 heavy (non-hydrogen) atoms. The van der Waals surface area contributed by atoms with Gasteiger partial charge in [-0.3, -0.25) is 4.79 Å². The van der Waals surface area contributed by atoms with Gasteiger partial charge in [0.05, 0.1) is 5.69 Å². The fourth-order valence-electron chi connectivity index (χ4n) is 2.36. The van der Waals surface area contributed by atoms with Crippen LogP contribution in [0.3, 0.4) is 0 Å². The van der Waals surface area contributed by atoms with E-state index < -0.39 is 0 Å². The Labute approximate surface area is 101 Å². The molecule has 0 bridgehead atoms. The van der Waals surface area contributed by atoms with Gasteiger partial charge in [-0.15, -0.1) is 0 Å².